The van der Waals surface area contributed by atoms with Crippen LogP contribution in [0.2, 0.25) is 0 Å². The smallest absolute Gasteiger partial charge is 0.208 e. The van der Waals surface area contributed by atoms with Gasteiger partial charge in [0.05, 0.1) is 6.26 Å². The Hall–Kier alpha value is 0.260. The van der Waals surface area contributed by atoms with Gasteiger partial charge in [0.15, 0.2) is 0 Å². The van der Waals surface area contributed by atoms with E-state index in [1.54, 1.807) is 0 Å². The molecular weight excluding hydrogens is 242 g/mol. The van der Waals surface area contributed by atoms with E-state index in [1.165, 1.54) is 38.4 Å². The average molecular weight is 267 g/mol. The molecule has 0 rings (SSSR count). The van der Waals surface area contributed by atoms with E-state index in [0.29, 0.717) is 11.8 Å². The third-order valence-corrected chi connectivity index (χ3v) is 4.31. The van der Waals surface area contributed by atoms with Gasteiger partial charge in [-0.25, -0.2) is 13.1 Å². The first-order valence-corrected chi connectivity index (χ1v) is 8.96. The molecule has 0 aliphatic heterocycles. The molecule has 0 amide bonds. The predicted octanol–water partition coefficient (Wildman–Crippen LogP) is 2.63. The van der Waals surface area contributed by atoms with E-state index >= 15 is 0 Å². The van der Waals surface area contributed by atoms with Crippen molar-refractivity contribution in [1.82, 2.24) is 4.72 Å². The summed E-state index contributed by atoms with van der Waals surface area (Å²) < 4.78 is 24.1. The molecule has 0 bridgehead atoms. The molecule has 0 saturated heterocycles. The highest BCUT2D eigenvalue weighted by Gasteiger charge is 2.03. The topological polar surface area (TPSA) is 46.2 Å². The van der Waals surface area contributed by atoms with Crippen molar-refractivity contribution in [1.29, 1.82) is 0 Å². The van der Waals surface area contributed by atoms with Crippen LogP contribution in [0.5, 0.6) is 0 Å². The van der Waals surface area contributed by atoms with E-state index in [2.05, 4.69) is 18.6 Å². The number of sulfonamides is 1. The summed E-state index contributed by atoms with van der Waals surface area (Å²) in [5.41, 5.74) is 0. The zero-order valence-corrected chi connectivity index (χ0v) is 12.3. The fourth-order valence-corrected chi connectivity index (χ4v) is 2.99. The van der Waals surface area contributed by atoms with E-state index in [0.717, 1.165) is 5.75 Å². The molecule has 0 aromatic heterocycles. The largest absolute Gasteiger partial charge is 0.215 e. The normalized spacial score (nSPS) is 13.9. The summed E-state index contributed by atoms with van der Waals surface area (Å²) in [5, 5.41) is 0.637. The van der Waals surface area contributed by atoms with Gasteiger partial charge in [0.2, 0.25) is 10.0 Å². The van der Waals surface area contributed by atoms with Crippen molar-refractivity contribution in [3.8, 4) is 0 Å². The molecule has 1 N–H and O–H groups in total. The molecule has 3 nitrogen and oxygen atoms in total. The maximum atomic E-state index is 10.8. The maximum absolute atomic E-state index is 10.8. The third-order valence-electron chi connectivity index (χ3n) is 2.33. The van der Waals surface area contributed by atoms with Crippen LogP contribution >= 0.6 is 11.8 Å². The van der Waals surface area contributed by atoms with Crippen LogP contribution in [0.4, 0.5) is 0 Å². The number of unbranched alkanes of at least 4 members (excludes halogenated alkanes) is 3. The number of nitrogens with one attached hydrogen (secondary N) is 1. The summed E-state index contributed by atoms with van der Waals surface area (Å²) in [6.07, 6.45) is 7.66. The summed E-state index contributed by atoms with van der Waals surface area (Å²) in [7, 11) is -3.01. The molecule has 0 heterocycles. The molecule has 1 atom stereocenters. The van der Waals surface area contributed by atoms with Crippen molar-refractivity contribution in [2.45, 2.75) is 51.2 Å². The van der Waals surface area contributed by atoms with Crippen LogP contribution in [0.25, 0.3) is 0 Å². The second kappa shape index (κ2) is 9.31. The molecule has 1 unspecified atom stereocenters. The Morgan fingerprint density at radius 2 is 1.94 bits per heavy atom. The van der Waals surface area contributed by atoms with Crippen molar-refractivity contribution in [3.05, 3.63) is 0 Å². The summed E-state index contributed by atoms with van der Waals surface area (Å²) in [6.45, 7) is 4.98. The van der Waals surface area contributed by atoms with Gasteiger partial charge in [-0.3, -0.25) is 0 Å². The SMILES string of the molecule is CCCCCCC(C)SCCNS(C)(=O)=O. The summed E-state index contributed by atoms with van der Waals surface area (Å²) in [5.74, 6) is 0.863. The van der Waals surface area contributed by atoms with Crippen molar-refractivity contribution < 1.29 is 8.42 Å². The zero-order valence-electron chi connectivity index (χ0n) is 10.7. The van der Waals surface area contributed by atoms with Crippen molar-refractivity contribution in [2.24, 2.45) is 0 Å². The molecule has 0 aliphatic carbocycles. The van der Waals surface area contributed by atoms with Crippen LogP contribution in [0, 0.1) is 0 Å². The molecule has 0 radical (unpaired) electrons. The Morgan fingerprint density at radius 3 is 2.50 bits per heavy atom. The number of hydrogen-bond donors (Lipinski definition) is 1. The van der Waals surface area contributed by atoms with Crippen LogP contribution in [0.15, 0.2) is 0 Å². The average Bonchev–Trinajstić information content (AvgIpc) is 2.18. The van der Waals surface area contributed by atoms with Gasteiger partial charge in [-0.1, -0.05) is 39.5 Å². The van der Waals surface area contributed by atoms with Crippen LogP contribution in [0.3, 0.4) is 0 Å². The molecule has 0 fully saturated rings. The second-order valence-electron chi connectivity index (χ2n) is 4.20. The van der Waals surface area contributed by atoms with Crippen LogP contribution < -0.4 is 4.72 Å². The highest BCUT2D eigenvalue weighted by atomic mass is 32.2. The number of thioether (sulfide) groups is 1. The maximum Gasteiger partial charge on any atom is 0.208 e. The summed E-state index contributed by atoms with van der Waals surface area (Å²) in [6, 6.07) is 0. The molecule has 0 aromatic rings. The predicted molar refractivity (Wildman–Crippen MR) is 73.5 cm³/mol. The van der Waals surface area contributed by atoms with E-state index < -0.39 is 10.0 Å². The van der Waals surface area contributed by atoms with E-state index in [-0.39, 0.29) is 0 Å². The van der Waals surface area contributed by atoms with Crippen LogP contribution in [-0.4, -0.2) is 32.2 Å². The number of hydrogen-bond acceptors (Lipinski definition) is 3. The summed E-state index contributed by atoms with van der Waals surface area (Å²) >= 11 is 1.85. The minimum atomic E-state index is -3.01. The molecule has 0 spiro atoms. The fraction of sp³-hybridized carbons (Fsp3) is 1.00. The first-order valence-electron chi connectivity index (χ1n) is 6.02. The summed E-state index contributed by atoms with van der Waals surface area (Å²) in [4.78, 5) is 0. The lowest BCUT2D eigenvalue weighted by atomic mass is 10.1. The Labute approximate surface area is 105 Å². The van der Waals surface area contributed by atoms with E-state index in [4.69, 9.17) is 0 Å². The minimum absolute atomic E-state index is 0.544. The van der Waals surface area contributed by atoms with E-state index in [1.807, 2.05) is 11.8 Å². The van der Waals surface area contributed by atoms with Crippen LogP contribution in [-0.2, 0) is 10.0 Å². The van der Waals surface area contributed by atoms with Crippen molar-refractivity contribution in [2.75, 3.05) is 18.6 Å². The van der Waals surface area contributed by atoms with Gasteiger partial charge < -0.3 is 0 Å². The third kappa shape index (κ3) is 12.3. The molecular formula is C11H25NO2S2. The van der Waals surface area contributed by atoms with E-state index in [9.17, 15) is 8.42 Å². The van der Waals surface area contributed by atoms with Crippen molar-refractivity contribution in [3.63, 3.8) is 0 Å². The molecule has 0 aromatic carbocycles. The molecule has 16 heavy (non-hydrogen) atoms. The zero-order chi connectivity index (χ0) is 12.4. The van der Waals surface area contributed by atoms with Gasteiger partial charge in [0.1, 0.15) is 0 Å². The van der Waals surface area contributed by atoms with Crippen molar-refractivity contribution >= 4 is 21.8 Å². The molecule has 98 valence electrons. The Balaban J connectivity index is 3.33. The van der Waals surface area contributed by atoms with Gasteiger partial charge in [0, 0.05) is 17.5 Å². The lowest BCUT2D eigenvalue weighted by molar-refractivity contribution is 0.590. The Morgan fingerprint density at radius 1 is 1.25 bits per heavy atom. The lowest BCUT2D eigenvalue weighted by Crippen LogP contribution is -2.24. The monoisotopic (exact) mass is 267 g/mol. The van der Waals surface area contributed by atoms with Gasteiger partial charge in [0.25, 0.3) is 0 Å². The van der Waals surface area contributed by atoms with Gasteiger partial charge in [-0.15, -0.1) is 0 Å². The highest BCUT2D eigenvalue weighted by Crippen LogP contribution is 2.17. The molecule has 0 saturated carbocycles. The molecule has 0 aliphatic rings. The van der Waals surface area contributed by atoms with Gasteiger partial charge in [-0.2, -0.15) is 11.8 Å². The fourth-order valence-electron chi connectivity index (χ4n) is 1.43. The van der Waals surface area contributed by atoms with Gasteiger partial charge in [-0.05, 0) is 6.42 Å². The molecule has 5 heteroatoms. The van der Waals surface area contributed by atoms with Crippen LogP contribution in [0.1, 0.15) is 46.0 Å². The standard InChI is InChI=1S/C11H25NO2S2/c1-4-5-6-7-8-11(2)15-10-9-12-16(3,13)14/h11-12H,4-10H2,1-3H3. The first-order chi connectivity index (χ1) is 7.45. The number of rotatable bonds is 10. The Bertz CT molecular complexity index is 253. The second-order valence-corrected chi connectivity index (χ2v) is 7.58. The van der Waals surface area contributed by atoms with Gasteiger partial charge >= 0.3 is 0 Å². The Kier molecular flexibility index (Phi) is 9.46. The highest BCUT2D eigenvalue weighted by molar-refractivity contribution is 7.99. The lowest BCUT2D eigenvalue weighted by Gasteiger charge is -2.10. The minimum Gasteiger partial charge on any atom is -0.215 e. The quantitative estimate of drug-likeness (QED) is 0.619. The first kappa shape index (κ1) is 16.3.